The van der Waals surface area contributed by atoms with Gasteiger partial charge in [0.1, 0.15) is 11.6 Å². The van der Waals surface area contributed by atoms with Gasteiger partial charge in [0.25, 0.3) is 5.91 Å². The van der Waals surface area contributed by atoms with E-state index in [1.54, 1.807) is 115 Å². The second-order valence-electron chi connectivity index (χ2n) is 20.3. The van der Waals surface area contributed by atoms with E-state index in [1.165, 1.54) is 41.0 Å². The maximum absolute atomic E-state index is 13.6. The molecule has 0 saturated carbocycles. The van der Waals surface area contributed by atoms with Crippen LogP contribution in [0.15, 0.2) is 171 Å². The van der Waals surface area contributed by atoms with Crippen LogP contribution in [0.25, 0.3) is 33.9 Å². The number of methoxy groups -OCH3 is 1. The van der Waals surface area contributed by atoms with Gasteiger partial charge >= 0.3 is 69.7 Å². The van der Waals surface area contributed by atoms with Crippen LogP contribution in [-0.4, -0.2) is 73.6 Å². The van der Waals surface area contributed by atoms with Gasteiger partial charge in [0, 0.05) is 102 Å². The molecule has 0 fully saturated rings. The van der Waals surface area contributed by atoms with Gasteiger partial charge in [-0.3, -0.25) is 14.8 Å². The van der Waals surface area contributed by atoms with E-state index in [-0.39, 0.29) is 81.8 Å². The maximum atomic E-state index is 13.6. The summed E-state index contributed by atoms with van der Waals surface area (Å²) >= 11 is 0. The second-order valence-corrected chi connectivity index (χ2v) is 20.3. The Morgan fingerprint density at radius 2 is 1.03 bits per heavy atom. The number of ether oxygens (including phenoxy) is 1. The molecule has 0 saturated heterocycles. The number of rotatable bonds is 11. The number of nitrogen functional groups attached to an aromatic ring is 1. The summed E-state index contributed by atoms with van der Waals surface area (Å²) in [6.45, 7) is 16.3. The first kappa shape index (κ1) is 73.1. The number of nitrogens with two attached hydrogens (primary N) is 1. The van der Waals surface area contributed by atoms with Gasteiger partial charge in [-0.25, -0.2) is 34.7 Å². The Morgan fingerprint density at radius 3 is 1.45 bits per heavy atom. The van der Waals surface area contributed by atoms with Crippen LogP contribution in [0.2, 0.25) is 0 Å². The SMILES string of the molecule is C.CC.CC(C)(C)[O-].COC(=O)c1ccc(C)c(Cc2nccc(-c3cccnc3)n2)c1.Cc1cn(-c2cc(N)cc(C(F)(F)F)c2)cn1.Cc1cn(-c2cc(NC(=O)c3ccc(C)c(Cc4nccc(-c5cccnc5)n4)c3)cc(C(F)(F)F)c2)cn1.[K+]. The summed E-state index contributed by atoms with van der Waals surface area (Å²) in [6, 6.07) is 28.7. The van der Waals surface area contributed by atoms with Gasteiger partial charge in [0.15, 0.2) is 0 Å². The number of nitrogens with one attached hydrogen (secondary N) is 1. The Morgan fingerprint density at radius 1 is 0.596 bits per heavy atom. The third kappa shape index (κ3) is 22.7. The number of halogens is 6. The number of carbonyl (C=O) groups is 2. The molecular formula is C66H69F6KN12O4. The number of aromatic nitrogens is 10. The van der Waals surface area contributed by atoms with Gasteiger partial charge in [-0.1, -0.05) is 54.2 Å². The number of benzene rings is 4. The number of carbonyl (C=O) groups excluding carboxylic acids is 2. The first-order valence-corrected chi connectivity index (χ1v) is 27.1. The molecule has 0 aliphatic heterocycles. The number of alkyl halides is 6. The Kier molecular flexibility index (Phi) is 27.4. The van der Waals surface area contributed by atoms with E-state index in [4.69, 9.17) is 10.5 Å². The minimum absolute atomic E-state index is 0. The number of imidazole rings is 2. The van der Waals surface area contributed by atoms with Crippen molar-refractivity contribution >= 4 is 23.3 Å². The third-order valence-corrected chi connectivity index (χ3v) is 12.2. The van der Waals surface area contributed by atoms with E-state index >= 15 is 0 Å². The molecule has 0 atom stereocenters. The predicted molar refractivity (Wildman–Crippen MR) is 327 cm³/mol. The van der Waals surface area contributed by atoms with Gasteiger partial charge in [-0.15, -0.1) is 5.60 Å². The van der Waals surface area contributed by atoms with Crippen LogP contribution < -0.4 is 67.5 Å². The average molecular weight is 1250 g/mol. The Labute approximate surface area is 556 Å². The molecule has 0 aliphatic rings. The molecule has 460 valence electrons. The molecule has 6 aromatic heterocycles. The fraction of sp³-hybridized carbons (Fsp3) is 0.242. The summed E-state index contributed by atoms with van der Waals surface area (Å²) in [5.74, 6) is 0.381. The number of esters is 1. The number of anilines is 2. The van der Waals surface area contributed by atoms with E-state index in [9.17, 15) is 41.0 Å². The molecular weight excluding hydrogens is 1180 g/mol. The molecule has 23 heteroatoms. The summed E-state index contributed by atoms with van der Waals surface area (Å²) in [5.41, 5.74) is 13.1. The van der Waals surface area contributed by atoms with Gasteiger partial charge < -0.3 is 30.0 Å². The quantitative estimate of drug-likeness (QED) is 0.0534. The van der Waals surface area contributed by atoms with Crippen molar-refractivity contribution in [1.29, 1.82) is 0 Å². The molecule has 0 bridgehead atoms. The van der Waals surface area contributed by atoms with Crippen molar-refractivity contribution in [3.8, 4) is 33.9 Å². The fourth-order valence-electron chi connectivity index (χ4n) is 8.04. The summed E-state index contributed by atoms with van der Waals surface area (Å²) < 4.78 is 86.4. The van der Waals surface area contributed by atoms with Gasteiger partial charge in [0.05, 0.1) is 59.2 Å². The van der Waals surface area contributed by atoms with E-state index in [0.717, 1.165) is 74.7 Å². The normalized spacial score (nSPS) is 10.8. The number of pyridine rings is 2. The monoisotopic (exact) mass is 1250 g/mol. The van der Waals surface area contributed by atoms with E-state index in [2.05, 4.69) is 45.2 Å². The predicted octanol–water partition coefficient (Wildman–Crippen LogP) is 11.0. The molecule has 10 aromatic rings. The number of hydrogen-bond acceptors (Lipinski definition) is 13. The van der Waals surface area contributed by atoms with Crippen LogP contribution in [0.1, 0.15) is 119 Å². The van der Waals surface area contributed by atoms with Crippen molar-refractivity contribution in [3.05, 3.63) is 239 Å². The number of hydrogen-bond donors (Lipinski definition) is 2. The van der Waals surface area contributed by atoms with E-state index < -0.39 is 35.0 Å². The summed E-state index contributed by atoms with van der Waals surface area (Å²) in [5, 5.41) is 12.7. The van der Waals surface area contributed by atoms with Crippen molar-refractivity contribution in [2.24, 2.45) is 0 Å². The standard InChI is InChI=1S/C29H23F3N6O.C19H17N3O2.C11H10F3N3.C4H9O.C2H6.CH4.K/c1-18-5-6-20(10-22(18)11-27-34-9-7-26(37-27)21-4-3-8-33-15-21)28(39)36-24-12-23(29(30,31)32)13-25(14-24)38-16-19(2)35-17-38;1-13-5-6-14(19(23)24-2)10-16(13)11-18-21-9-7-17(22-18)15-4-3-8-20-12-15;1-7-5-17(6-16-7)10-3-8(11(12,13)14)2-9(15)4-10;1-4(2,3)5;1-2;;/h3-10,12-17H,11H2,1-2H3,(H,36,39);3-10,12H,11H2,1-2H3;2-6H,15H2,1H3;1-3H3;1-2H3;1H4;/q;;;-1;;;+1. The maximum Gasteiger partial charge on any atom is 1.00 e. The van der Waals surface area contributed by atoms with Crippen LogP contribution in [0.4, 0.5) is 37.7 Å². The number of nitrogens with zero attached hydrogens (tertiary/aromatic N) is 10. The van der Waals surface area contributed by atoms with Crippen molar-refractivity contribution in [2.45, 2.75) is 101 Å². The molecule has 89 heavy (non-hydrogen) atoms. The summed E-state index contributed by atoms with van der Waals surface area (Å²) in [7, 11) is 1.38. The first-order chi connectivity index (χ1) is 41.2. The third-order valence-electron chi connectivity index (χ3n) is 12.2. The molecule has 0 radical (unpaired) electrons. The van der Waals surface area contributed by atoms with Crippen LogP contribution >= 0.6 is 0 Å². The van der Waals surface area contributed by atoms with Crippen LogP contribution in [-0.2, 0) is 29.9 Å². The smallest absolute Gasteiger partial charge is 0.850 e. The molecule has 10 rings (SSSR count). The van der Waals surface area contributed by atoms with Crippen LogP contribution in [0.5, 0.6) is 0 Å². The molecule has 16 nitrogen and oxygen atoms in total. The van der Waals surface area contributed by atoms with Crippen LogP contribution in [0, 0.1) is 27.7 Å². The van der Waals surface area contributed by atoms with Crippen LogP contribution in [0.3, 0.4) is 0 Å². The van der Waals surface area contributed by atoms with Gasteiger partial charge in [-0.2, -0.15) is 26.3 Å². The van der Waals surface area contributed by atoms with Crippen molar-refractivity contribution in [1.82, 2.24) is 49.0 Å². The minimum atomic E-state index is -4.59. The molecule has 4 aromatic carbocycles. The molecule has 3 N–H and O–H groups in total. The Hall–Kier alpha value is -8.32. The number of aryl methyl sites for hydroxylation is 4. The topological polar surface area (TPSA) is 217 Å². The van der Waals surface area contributed by atoms with Gasteiger partial charge in [-0.05, 0) is 147 Å². The molecule has 6 heterocycles. The molecule has 0 aliphatic carbocycles. The second kappa shape index (κ2) is 33.3. The Balaban J connectivity index is 0.000000289. The average Bonchev–Trinajstić information content (AvgIpc) is 2.27. The fourth-order valence-corrected chi connectivity index (χ4v) is 8.04. The zero-order valence-electron chi connectivity index (χ0n) is 50.5. The minimum Gasteiger partial charge on any atom is -0.850 e. The van der Waals surface area contributed by atoms with Crippen molar-refractivity contribution in [2.75, 3.05) is 18.2 Å². The first-order valence-electron chi connectivity index (χ1n) is 27.1. The Bertz CT molecular complexity index is 3900. The summed E-state index contributed by atoms with van der Waals surface area (Å²) in [4.78, 5) is 59.1. The molecule has 0 spiro atoms. The molecule has 1 amide bonds. The summed E-state index contributed by atoms with van der Waals surface area (Å²) in [6.07, 6.45) is 8.35. The van der Waals surface area contributed by atoms with E-state index in [1.807, 2.05) is 70.2 Å². The van der Waals surface area contributed by atoms with Gasteiger partial charge in [0.2, 0.25) is 0 Å². The zero-order valence-corrected chi connectivity index (χ0v) is 53.7. The van der Waals surface area contributed by atoms with Crippen molar-refractivity contribution in [3.63, 3.8) is 0 Å². The van der Waals surface area contributed by atoms with E-state index in [0.29, 0.717) is 47.0 Å². The largest absolute Gasteiger partial charge is 1.00 e. The zero-order chi connectivity index (χ0) is 63.6. The molecule has 0 unspecified atom stereocenters. The van der Waals surface area contributed by atoms with Crippen molar-refractivity contribution < 1.29 is 97.2 Å². The number of amides is 1.